The molecule has 0 aliphatic carbocycles. The molecule has 0 saturated carbocycles. The minimum Gasteiger partial charge on any atom is -0.460 e. The van der Waals surface area contributed by atoms with Gasteiger partial charge in [0.25, 0.3) is 5.91 Å². The Kier molecular flexibility index (Phi) is 10.6. The lowest BCUT2D eigenvalue weighted by Crippen LogP contribution is -2.37. The Morgan fingerprint density at radius 2 is 1.05 bits per heavy atom. The molecular weight excluding hydrogens is 474 g/mol. The number of rotatable bonds is 12. The molecule has 0 aliphatic rings. The topological polar surface area (TPSA) is 99.2 Å². The molecule has 0 atom stereocenters. The number of benzene rings is 2. The van der Waals surface area contributed by atoms with Crippen LogP contribution in [-0.2, 0) is 23.9 Å². The average molecular weight is 506 g/mol. The van der Waals surface area contributed by atoms with Crippen LogP contribution in [0.4, 0.5) is 0 Å². The van der Waals surface area contributed by atoms with E-state index in [9.17, 15) is 19.2 Å². The standard InChI is InChI=1S/C29H31NO7/c1-19(2)27(32)35-17-15-30(16-18-36-28(33)20(3)4)26(31)24-9-7-22(8-10-24)23-11-13-25(14-12-23)37-29(34)21(5)6/h7-14H,1,3,5,15-18H2,2,4,6H3. The zero-order valence-corrected chi connectivity index (χ0v) is 21.4. The molecule has 0 radical (unpaired) electrons. The van der Waals surface area contributed by atoms with Crippen LogP contribution in [0.2, 0.25) is 0 Å². The van der Waals surface area contributed by atoms with Crippen LogP contribution in [0, 0.1) is 0 Å². The van der Waals surface area contributed by atoms with E-state index in [4.69, 9.17) is 14.2 Å². The predicted octanol–water partition coefficient (Wildman–Crippen LogP) is 4.52. The molecule has 1 amide bonds. The maximum absolute atomic E-state index is 13.2. The van der Waals surface area contributed by atoms with Gasteiger partial charge in [0.2, 0.25) is 0 Å². The smallest absolute Gasteiger partial charge is 0.338 e. The van der Waals surface area contributed by atoms with Crippen LogP contribution in [-0.4, -0.2) is 55.0 Å². The second-order valence-electron chi connectivity index (χ2n) is 8.40. The summed E-state index contributed by atoms with van der Waals surface area (Å²) in [6.07, 6.45) is 0. The van der Waals surface area contributed by atoms with Crippen molar-refractivity contribution in [2.75, 3.05) is 26.3 Å². The number of nitrogens with zero attached hydrogens (tertiary/aromatic N) is 1. The Morgan fingerprint density at radius 1 is 0.649 bits per heavy atom. The van der Waals surface area contributed by atoms with Crippen molar-refractivity contribution < 1.29 is 33.4 Å². The normalized spacial score (nSPS) is 10.1. The molecule has 0 saturated heterocycles. The van der Waals surface area contributed by atoms with Crippen molar-refractivity contribution in [1.29, 1.82) is 0 Å². The number of hydrogen-bond acceptors (Lipinski definition) is 7. The van der Waals surface area contributed by atoms with Gasteiger partial charge in [-0.1, -0.05) is 44.0 Å². The van der Waals surface area contributed by atoms with E-state index < -0.39 is 17.9 Å². The lowest BCUT2D eigenvalue weighted by Gasteiger charge is -2.23. The lowest BCUT2D eigenvalue weighted by molar-refractivity contribution is -0.139. The largest absolute Gasteiger partial charge is 0.460 e. The molecule has 0 aromatic heterocycles. The van der Waals surface area contributed by atoms with E-state index in [-0.39, 0.29) is 43.4 Å². The van der Waals surface area contributed by atoms with Crippen LogP contribution >= 0.6 is 0 Å². The number of ether oxygens (including phenoxy) is 3. The molecule has 8 heteroatoms. The van der Waals surface area contributed by atoms with Crippen molar-refractivity contribution in [2.24, 2.45) is 0 Å². The van der Waals surface area contributed by atoms with E-state index in [0.29, 0.717) is 16.9 Å². The van der Waals surface area contributed by atoms with Gasteiger partial charge < -0.3 is 19.1 Å². The van der Waals surface area contributed by atoms with E-state index in [0.717, 1.165) is 11.1 Å². The van der Waals surface area contributed by atoms with Crippen LogP contribution in [0.15, 0.2) is 85.0 Å². The fourth-order valence-electron chi connectivity index (χ4n) is 2.96. The summed E-state index contributed by atoms with van der Waals surface area (Å²) in [4.78, 5) is 49.6. The van der Waals surface area contributed by atoms with Gasteiger partial charge in [0.15, 0.2) is 0 Å². The summed E-state index contributed by atoms with van der Waals surface area (Å²) in [7, 11) is 0. The molecular formula is C29H31NO7. The van der Waals surface area contributed by atoms with Crippen LogP contribution < -0.4 is 4.74 Å². The third-order valence-corrected chi connectivity index (χ3v) is 5.05. The first kappa shape index (κ1) is 28.8. The first-order chi connectivity index (χ1) is 17.5. The van der Waals surface area contributed by atoms with Crippen LogP contribution in [0.1, 0.15) is 31.1 Å². The molecule has 194 valence electrons. The fourth-order valence-corrected chi connectivity index (χ4v) is 2.96. The van der Waals surface area contributed by atoms with Crippen LogP contribution in [0.25, 0.3) is 11.1 Å². The highest BCUT2D eigenvalue weighted by molar-refractivity contribution is 5.95. The third kappa shape index (κ3) is 8.92. The number of amides is 1. The van der Waals surface area contributed by atoms with Gasteiger partial charge in [-0.15, -0.1) is 0 Å². The van der Waals surface area contributed by atoms with Gasteiger partial charge in [-0.2, -0.15) is 0 Å². The summed E-state index contributed by atoms with van der Waals surface area (Å²) in [5.74, 6) is -1.51. The second kappa shape index (κ2) is 13.6. The van der Waals surface area contributed by atoms with Crippen LogP contribution in [0.3, 0.4) is 0 Å². The van der Waals surface area contributed by atoms with Crippen molar-refractivity contribution in [3.05, 3.63) is 90.6 Å². The number of esters is 3. The Balaban J connectivity index is 2.10. The van der Waals surface area contributed by atoms with Crippen LogP contribution in [0.5, 0.6) is 5.75 Å². The van der Waals surface area contributed by atoms with E-state index >= 15 is 0 Å². The Bertz CT molecular complexity index is 1160. The molecule has 0 heterocycles. The second-order valence-corrected chi connectivity index (χ2v) is 8.40. The molecule has 0 bridgehead atoms. The SMILES string of the molecule is C=C(C)C(=O)OCCN(CCOC(=O)C(=C)C)C(=O)c1ccc(-c2ccc(OC(=O)C(=C)C)cc2)cc1. The maximum atomic E-state index is 13.2. The summed E-state index contributed by atoms with van der Waals surface area (Å²) in [6.45, 7) is 15.4. The first-order valence-corrected chi connectivity index (χ1v) is 11.5. The molecule has 37 heavy (non-hydrogen) atoms. The van der Waals surface area contributed by atoms with Crippen molar-refractivity contribution >= 4 is 23.8 Å². The number of hydrogen-bond donors (Lipinski definition) is 0. The molecule has 0 N–H and O–H groups in total. The van der Waals surface area contributed by atoms with Crippen molar-refractivity contribution in [1.82, 2.24) is 4.90 Å². The van der Waals surface area contributed by atoms with Crippen molar-refractivity contribution in [3.8, 4) is 16.9 Å². The molecule has 0 spiro atoms. The first-order valence-electron chi connectivity index (χ1n) is 11.5. The molecule has 0 fully saturated rings. The summed E-state index contributed by atoms with van der Waals surface area (Å²) < 4.78 is 15.4. The minimum atomic E-state index is -0.550. The minimum absolute atomic E-state index is 0.0355. The van der Waals surface area contributed by atoms with E-state index in [1.54, 1.807) is 55.5 Å². The highest BCUT2D eigenvalue weighted by Gasteiger charge is 2.18. The molecule has 8 nitrogen and oxygen atoms in total. The summed E-state index contributed by atoms with van der Waals surface area (Å²) in [6, 6.07) is 13.9. The highest BCUT2D eigenvalue weighted by Crippen LogP contribution is 2.23. The number of carbonyl (C=O) groups excluding carboxylic acids is 4. The third-order valence-electron chi connectivity index (χ3n) is 5.05. The maximum Gasteiger partial charge on any atom is 0.338 e. The predicted molar refractivity (Wildman–Crippen MR) is 140 cm³/mol. The quantitative estimate of drug-likeness (QED) is 0.238. The van der Waals surface area contributed by atoms with Gasteiger partial charge in [-0.05, 0) is 56.2 Å². The number of carbonyl (C=O) groups is 4. The Morgan fingerprint density at radius 3 is 1.46 bits per heavy atom. The molecule has 2 aromatic carbocycles. The van der Waals surface area contributed by atoms with Gasteiger partial charge >= 0.3 is 17.9 Å². The molecule has 2 rings (SSSR count). The molecule has 0 aliphatic heterocycles. The fraction of sp³-hybridized carbons (Fsp3) is 0.241. The van der Waals surface area contributed by atoms with Gasteiger partial charge in [0.1, 0.15) is 19.0 Å². The Labute approximate surface area is 216 Å². The monoisotopic (exact) mass is 505 g/mol. The average Bonchev–Trinajstić information content (AvgIpc) is 2.87. The van der Waals surface area contributed by atoms with E-state index in [1.807, 2.05) is 0 Å². The van der Waals surface area contributed by atoms with E-state index in [1.165, 1.54) is 18.7 Å². The summed E-state index contributed by atoms with van der Waals surface area (Å²) >= 11 is 0. The Hall–Kier alpha value is -4.46. The van der Waals surface area contributed by atoms with Gasteiger partial charge in [0.05, 0.1) is 13.1 Å². The van der Waals surface area contributed by atoms with Gasteiger partial charge in [0, 0.05) is 22.3 Å². The highest BCUT2D eigenvalue weighted by atomic mass is 16.5. The molecule has 0 unspecified atom stereocenters. The van der Waals surface area contributed by atoms with Gasteiger partial charge in [-0.3, -0.25) is 4.79 Å². The zero-order valence-electron chi connectivity index (χ0n) is 21.4. The van der Waals surface area contributed by atoms with Crippen molar-refractivity contribution in [2.45, 2.75) is 20.8 Å². The summed E-state index contributed by atoms with van der Waals surface area (Å²) in [5.41, 5.74) is 2.95. The molecule has 2 aromatic rings. The lowest BCUT2D eigenvalue weighted by atomic mass is 10.0. The van der Waals surface area contributed by atoms with Gasteiger partial charge in [-0.25, -0.2) is 14.4 Å². The zero-order chi connectivity index (χ0) is 27.5. The van der Waals surface area contributed by atoms with E-state index in [2.05, 4.69) is 19.7 Å². The summed E-state index contributed by atoms with van der Waals surface area (Å²) in [5, 5.41) is 0. The van der Waals surface area contributed by atoms with Crippen molar-refractivity contribution in [3.63, 3.8) is 0 Å².